The zero-order valence-electron chi connectivity index (χ0n) is 13.3. The molecule has 0 fully saturated rings. The fourth-order valence-electron chi connectivity index (χ4n) is 2.14. The van der Waals surface area contributed by atoms with E-state index < -0.39 is 5.97 Å². The average molecular weight is 286 g/mol. The maximum atomic E-state index is 12.3. The third-order valence-corrected chi connectivity index (χ3v) is 3.56. The molecule has 20 heavy (non-hydrogen) atoms. The van der Waals surface area contributed by atoms with Crippen LogP contribution in [0.4, 0.5) is 4.79 Å². The van der Waals surface area contributed by atoms with E-state index in [1.54, 1.807) is 0 Å². The molecule has 0 spiro atoms. The number of hydrogen-bond donors (Lipinski definition) is 2. The molecule has 0 aromatic heterocycles. The van der Waals surface area contributed by atoms with Crippen LogP contribution in [0.2, 0.25) is 0 Å². The van der Waals surface area contributed by atoms with Crippen molar-refractivity contribution < 1.29 is 14.7 Å². The Hall–Kier alpha value is -1.26. The Balaban J connectivity index is 4.63. The number of carboxylic acids is 1. The fraction of sp³-hybridized carbons (Fsp3) is 0.867. The van der Waals surface area contributed by atoms with Crippen LogP contribution in [0.5, 0.6) is 0 Å². The van der Waals surface area contributed by atoms with Crippen molar-refractivity contribution in [1.29, 1.82) is 0 Å². The van der Waals surface area contributed by atoms with E-state index in [0.29, 0.717) is 0 Å². The van der Waals surface area contributed by atoms with Gasteiger partial charge in [0.15, 0.2) is 0 Å². The molecule has 0 aliphatic heterocycles. The number of nitrogens with zero attached hydrogens (tertiary/aromatic N) is 1. The van der Waals surface area contributed by atoms with Crippen LogP contribution in [-0.2, 0) is 4.79 Å². The van der Waals surface area contributed by atoms with Gasteiger partial charge in [-0.2, -0.15) is 0 Å². The van der Waals surface area contributed by atoms with Crippen molar-refractivity contribution in [3.05, 3.63) is 0 Å². The van der Waals surface area contributed by atoms with Gasteiger partial charge < -0.3 is 15.3 Å². The van der Waals surface area contributed by atoms with E-state index in [2.05, 4.69) is 19.2 Å². The summed E-state index contributed by atoms with van der Waals surface area (Å²) in [5, 5.41) is 11.9. The van der Waals surface area contributed by atoms with Crippen molar-refractivity contribution in [1.82, 2.24) is 10.2 Å². The van der Waals surface area contributed by atoms with Crippen LogP contribution < -0.4 is 5.32 Å². The van der Waals surface area contributed by atoms with Gasteiger partial charge in [-0.1, -0.05) is 40.0 Å². The summed E-state index contributed by atoms with van der Waals surface area (Å²) in [5.41, 5.74) is 0. The van der Waals surface area contributed by atoms with Gasteiger partial charge in [-0.05, 0) is 26.2 Å². The Morgan fingerprint density at radius 2 is 1.80 bits per heavy atom. The molecule has 0 heterocycles. The van der Waals surface area contributed by atoms with Crippen LogP contribution in [0.1, 0.15) is 66.2 Å². The fourth-order valence-corrected chi connectivity index (χ4v) is 2.14. The van der Waals surface area contributed by atoms with E-state index in [4.69, 9.17) is 5.11 Å². The smallest absolute Gasteiger partial charge is 0.323 e. The van der Waals surface area contributed by atoms with Crippen LogP contribution in [0.25, 0.3) is 0 Å². The summed E-state index contributed by atoms with van der Waals surface area (Å²) in [7, 11) is 0. The highest BCUT2D eigenvalue weighted by Gasteiger charge is 2.23. The van der Waals surface area contributed by atoms with Gasteiger partial charge in [-0.15, -0.1) is 0 Å². The van der Waals surface area contributed by atoms with E-state index in [-0.39, 0.29) is 24.7 Å². The van der Waals surface area contributed by atoms with Gasteiger partial charge in [-0.25, -0.2) is 4.79 Å². The molecule has 2 unspecified atom stereocenters. The molecule has 5 heteroatoms. The van der Waals surface area contributed by atoms with Gasteiger partial charge in [0, 0.05) is 12.1 Å². The molecular weight excluding hydrogens is 256 g/mol. The Kier molecular flexibility index (Phi) is 9.86. The van der Waals surface area contributed by atoms with Gasteiger partial charge >= 0.3 is 12.0 Å². The number of amides is 2. The lowest BCUT2D eigenvalue weighted by Crippen LogP contribution is -2.50. The largest absolute Gasteiger partial charge is 0.480 e. The molecule has 0 radical (unpaired) electrons. The number of carbonyl (C=O) groups is 2. The molecule has 0 aromatic carbocycles. The summed E-state index contributed by atoms with van der Waals surface area (Å²) in [4.78, 5) is 24.6. The monoisotopic (exact) mass is 286 g/mol. The second-order valence-corrected chi connectivity index (χ2v) is 5.36. The van der Waals surface area contributed by atoms with Crippen LogP contribution >= 0.6 is 0 Å². The van der Waals surface area contributed by atoms with Crippen molar-refractivity contribution in [3.8, 4) is 0 Å². The van der Waals surface area contributed by atoms with Crippen molar-refractivity contribution in [2.45, 2.75) is 78.3 Å². The van der Waals surface area contributed by atoms with Crippen LogP contribution in [0.3, 0.4) is 0 Å². The maximum absolute atomic E-state index is 12.3. The molecule has 2 N–H and O–H groups in total. The highest BCUT2D eigenvalue weighted by molar-refractivity contribution is 5.80. The molecule has 0 rings (SSSR count). The molecule has 0 aromatic rings. The van der Waals surface area contributed by atoms with E-state index in [0.717, 1.165) is 38.5 Å². The minimum absolute atomic E-state index is 0.0699. The lowest BCUT2D eigenvalue weighted by atomic mass is 10.1. The van der Waals surface area contributed by atoms with Crippen LogP contribution in [-0.4, -0.2) is 40.6 Å². The highest BCUT2D eigenvalue weighted by Crippen LogP contribution is 2.10. The minimum Gasteiger partial charge on any atom is -0.480 e. The summed E-state index contributed by atoms with van der Waals surface area (Å²) >= 11 is 0. The molecule has 0 saturated carbocycles. The molecule has 0 bridgehead atoms. The third kappa shape index (κ3) is 7.36. The predicted octanol–water partition coefficient (Wildman–Crippen LogP) is 3.24. The third-order valence-electron chi connectivity index (χ3n) is 3.56. The van der Waals surface area contributed by atoms with Crippen molar-refractivity contribution in [2.75, 3.05) is 6.54 Å². The average Bonchev–Trinajstić information content (AvgIpc) is 2.41. The Labute approximate surface area is 122 Å². The summed E-state index contributed by atoms with van der Waals surface area (Å²) in [5.74, 6) is -0.971. The molecule has 2 atom stereocenters. The SMILES string of the molecule is CCCCC(CCC)NC(=O)N(CC(=O)O)C(C)CC. The van der Waals surface area contributed by atoms with Gasteiger partial charge in [0.2, 0.25) is 0 Å². The quantitative estimate of drug-likeness (QED) is 0.647. The number of aliphatic carboxylic acids is 1. The first-order valence-electron chi connectivity index (χ1n) is 7.75. The van der Waals surface area contributed by atoms with Crippen LogP contribution in [0, 0.1) is 0 Å². The van der Waals surface area contributed by atoms with Gasteiger partial charge in [0.05, 0.1) is 0 Å². The van der Waals surface area contributed by atoms with E-state index in [1.807, 2.05) is 13.8 Å². The second-order valence-electron chi connectivity index (χ2n) is 5.36. The van der Waals surface area contributed by atoms with E-state index >= 15 is 0 Å². The summed E-state index contributed by atoms with van der Waals surface area (Å²) < 4.78 is 0. The molecule has 0 aliphatic rings. The molecule has 118 valence electrons. The normalized spacial score (nSPS) is 13.6. The molecular formula is C15H30N2O3. The summed E-state index contributed by atoms with van der Waals surface area (Å²) in [6.45, 7) is 7.81. The number of unbranched alkanes of at least 4 members (excludes halogenated alkanes) is 1. The highest BCUT2D eigenvalue weighted by atomic mass is 16.4. The molecule has 5 nitrogen and oxygen atoms in total. The van der Waals surface area contributed by atoms with Gasteiger partial charge in [0.25, 0.3) is 0 Å². The predicted molar refractivity (Wildman–Crippen MR) is 80.8 cm³/mol. The molecule has 0 saturated heterocycles. The number of rotatable bonds is 10. The Bertz CT molecular complexity index is 295. The van der Waals surface area contributed by atoms with Crippen molar-refractivity contribution in [3.63, 3.8) is 0 Å². The van der Waals surface area contributed by atoms with Crippen LogP contribution in [0.15, 0.2) is 0 Å². The van der Waals surface area contributed by atoms with E-state index in [9.17, 15) is 9.59 Å². The standard InChI is InChI=1S/C15H30N2O3/c1-5-8-10-13(9-6-2)16-15(20)17(11-14(18)19)12(4)7-3/h12-13H,5-11H2,1-4H3,(H,16,20)(H,18,19). The zero-order chi connectivity index (χ0) is 15.5. The summed E-state index contributed by atoms with van der Waals surface area (Å²) in [6, 6.07) is -0.177. The lowest BCUT2D eigenvalue weighted by molar-refractivity contribution is -0.138. The second kappa shape index (κ2) is 10.5. The Morgan fingerprint density at radius 1 is 1.15 bits per heavy atom. The Morgan fingerprint density at radius 3 is 2.25 bits per heavy atom. The van der Waals surface area contributed by atoms with Crippen molar-refractivity contribution >= 4 is 12.0 Å². The minimum atomic E-state index is -0.971. The zero-order valence-corrected chi connectivity index (χ0v) is 13.3. The first kappa shape index (κ1) is 18.7. The molecule has 2 amide bonds. The first-order chi connectivity index (χ1) is 9.46. The summed E-state index contributed by atoms with van der Waals surface area (Å²) in [6.07, 6.45) is 5.82. The van der Waals surface area contributed by atoms with Gasteiger partial charge in [-0.3, -0.25) is 4.79 Å². The maximum Gasteiger partial charge on any atom is 0.323 e. The number of hydrogen-bond acceptors (Lipinski definition) is 2. The van der Waals surface area contributed by atoms with Crippen molar-refractivity contribution in [2.24, 2.45) is 0 Å². The topological polar surface area (TPSA) is 69.6 Å². The van der Waals surface area contributed by atoms with Gasteiger partial charge in [0.1, 0.15) is 6.54 Å². The number of urea groups is 1. The lowest BCUT2D eigenvalue weighted by Gasteiger charge is -2.29. The van der Waals surface area contributed by atoms with E-state index in [1.165, 1.54) is 4.90 Å². The molecule has 0 aliphatic carbocycles. The number of nitrogens with one attached hydrogen (secondary N) is 1. The number of carboxylic acid groups (broad SMARTS) is 1. The number of carbonyl (C=O) groups excluding carboxylic acids is 1. The first-order valence-corrected chi connectivity index (χ1v) is 7.75.